The van der Waals surface area contributed by atoms with Gasteiger partial charge in [-0.15, -0.1) is 0 Å². The van der Waals surface area contributed by atoms with E-state index in [1.165, 1.54) is 32.1 Å². The lowest BCUT2D eigenvalue weighted by Gasteiger charge is -2.51. The molecule has 1 saturated carbocycles. The predicted molar refractivity (Wildman–Crippen MR) is 67.4 cm³/mol. The second-order valence-corrected chi connectivity index (χ2v) is 6.82. The number of aliphatic hydroxyl groups excluding tert-OH is 1. The number of piperidine rings is 1. The third-order valence-corrected chi connectivity index (χ3v) is 4.54. The normalized spacial score (nSPS) is 40.9. The summed E-state index contributed by atoms with van der Waals surface area (Å²) >= 11 is 0. The third-order valence-electron chi connectivity index (χ3n) is 4.54. The van der Waals surface area contributed by atoms with Gasteiger partial charge in [0.1, 0.15) is 0 Å². The van der Waals surface area contributed by atoms with Gasteiger partial charge in [-0.1, -0.05) is 19.3 Å². The van der Waals surface area contributed by atoms with Crippen molar-refractivity contribution in [2.24, 2.45) is 5.92 Å². The van der Waals surface area contributed by atoms with Crippen LogP contribution in [0.25, 0.3) is 0 Å². The van der Waals surface area contributed by atoms with Crippen molar-refractivity contribution in [2.45, 2.75) is 82.9 Å². The maximum absolute atomic E-state index is 10.1. The molecule has 0 aromatic rings. The number of aliphatic hydroxyl groups is 1. The van der Waals surface area contributed by atoms with Crippen LogP contribution in [0.1, 0.15) is 65.7 Å². The summed E-state index contributed by atoms with van der Waals surface area (Å²) in [5.41, 5.74) is 0.242. The third kappa shape index (κ3) is 2.60. The van der Waals surface area contributed by atoms with Crippen LogP contribution in [0.2, 0.25) is 0 Å². The van der Waals surface area contributed by atoms with Crippen LogP contribution in [-0.2, 0) is 0 Å². The average molecular weight is 225 g/mol. The molecular formula is C14H27NO. The van der Waals surface area contributed by atoms with E-state index in [1.54, 1.807) is 0 Å². The minimum absolute atomic E-state index is 0.0872. The molecule has 0 bridgehead atoms. The Balaban J connectivity index is 2.09. The minimum Gasteiger partial charge on any atom is -0.393 e. The van der Waals surface area contributed by atoms with E-state index >= 15 is 0 Å². The summed E-state index contributed by atoms with van der Waals surface area (Å²) in [6.07, 6.45) is 8.52. The molecule has 1 heterocycles. The second kappa shape index (κ2) is 4.30. The molecule has 2 rings (SSSR count). The van der Waals surface area contributed by atoms with Crippen LogP contribution in [0, 0.1) is 5.92 Å². The van der Waals surface area contributed by atoms with Gasteiger partial charge in [-0.2, -0.15) is 0 Å². The van der Waals surface area contributed by atoms with Gasteiger partial charge >= 0.3 is 0 Å². The number of hydrogen-bond acceptors (Lipinski definition) is 2. The van der Waals surface area contributed by atoms with Crippen LogP contribution in [0.3, 0.4) is 0 Å². The lowest BCUT2D eigenvalue weighted by atomic mass is 9.68. The van der Waals surface area contributed by atoms with Gasteiger partial charge in [0.15, 0.2) is 0 Å². The van der Waals surface area contributed by atoms with Crippen LogP contribution in [-0.4, -0.2) is 22.3 Å². The molecule has 2 nitrogen and oxygen atoms in total. The van der Waals surface area contributed by atoms with Crippen molar-refractivity contribution >= 4 is 0 Å². The van der Waals surface area contributed by atoms with E-state index in [0.717, 1.165) is 18.8 Å². The Morgan fingerprint density at radius 1 is 1.00 bits per heavy atom. The second-order valence-electron chi connectivity index (χ2n) is 6.82. The molecule has 16 heavy (non-hydrogen) atoms. The van der Waals surface area contributed by atoms with Gasteiger partial charge in [-0.25, -0.2) is 0 Å². The minimum atomic E-state index is -0.122. The van der Waals surface area contributed by atoms with Crippen LogP contribution in [0.5, 0.6) is 0 Å². The van der Waals surface area contributed by atoms with Crippen molar-refractivity contribution in [1.82, 2.24) is 5.32 Å². The summed E-state index contributed by atoms with van der Waals surface area (Å²) in [7, 11) is 0. The Hall–Kier alpha value is -0.0800. The first-order valence-electron chi connectivity index (χ1n) is 6.89. The molecule has 2 N–H and O–H groups in total. The van der Waals surface area contributed by atoms with Gasteiger partial charge in [0.05, 0.1) is 6.10 Å². The summed E-state index contributed by atoms with van der Waals surface area (Å²) in [5, 5.41) is 13.9. The van der Waals surface area contributed by atoms with Gasteiger partial charge in [-0.05, 0) is 52.4 Å². The topological polar surface area (TPSA) is 32.3 Å². The zero-order valence-electron chi connectivity index (χ0n) is 11.1. The summed E-state index contributed by atoms with van der Waals surface area (Å²) in [6, 6.07) is 0. The summed E-state index contributed by atoms with van der Waals surface area (Å²) < 4.78 is 0. The van der Waals surface area contributed by atoms with Crippen molar-refractivity contribution in [2.75, 3.05) is 0 Å². The van der Waals surface area contributed by atoms with Crippen LogP contribution < -0.4 is 5.32 Å². The highest BCUT2D eigenvalue weighted by atomic mass is 16.3. The fraction of sp³-hybridized carbons (Fsp3) is 1.00. The average Bonchev–Trinajstić information content (AvgIpc) is 2.15. The number of rotatable bonds is 1. The highest BCUT2D eigenvalue weighted by Crippen LogP contribution is 2.40. The van der Waals surface area contributed by atoms with Crippen molar-refractivity contribution in [1.29, 1.82) is 0 Å². The smallest absolute Gasteiger partial charge is 0.0575 e. The molecule has 1 saturated heterocycles. The fourth-order valence-corrected chi connectivity index (χ4v) is 4.03. The molecule has 94 valence electrons. The van der Waals surface area contributed by atoms with E-state index in [2.05, 4.69) is 26.1 Å². The van der Waals surface area contributed by atoms with Crippen molar-refractivity contribution in [3.63, 3.8) is 0 Å². The molecule has 2 unspecified atom stereocenters. The molecule has 0 aromatic heterocycles. The van der Waals surface area contributed by atoms with Gasteiger partial charge < -0.3 is 10.4 Å². The molecule has 0 spiro atoms. The van der Waals surface area contributed by atoms with E-state index in [4.69, 9.17) is 0 Å². The molecule has 0 aromatic carbocycles. The Morgan fingerprint density at radius 3 is 2.19 bits per heavy atom. The Bertz CT molecular complexity index is 245. The molecule has 2 aliphatic rings. The first-order valence-corrected chi connectivity index (χ1v) is 6.89. The molecule has 2 heteroatoms. The van der Waals surface area contributed by atoms with Gasteiger partial charge in [0.2, 0.25) is 0 Å². The van der Waals surface area contributed by atoms with E-state index < -0.39 is 0 Å². The number of hydrogen-bond donors (Lipinski definition) is 2. The van der Waals surface area contributed by atoms with E-state index in [-0.39, 0.29) is 17.2 Å². The first kappa shape index (κ1) is 12.4. The molecule has 0 radical (unpaired) electrons. The summed E-state index contributed by atoms with van der Waals surface area (Å²) in [6.45, 7) is 6.76. The van der Waals surface area contributed by atoms with E-state index in [9.17, 15) is 5.11 Å². The van der Waals surface area contributed by atoms with Crippen molar-refractivity contribution in [3.05, 3.63) is 0 Å². The molecule has 2 atom stereocenters. The van der Waals surface area contributed by atoms with Crippen LogP contribution in [0.4, 0.5) is 0 Å². The molecular weight excluding hydrogens is 198 g/mol. The molecule has 2 fully saturated rings. The molecule has 1 aliphatic heterocycles. The van der Waals surface area contributed by atoms with Gasteiger partial charge in [-0.3, -0.25) is 0 Å². The maximum Gasteiger partial charge on any atom is 0.0575 e. The van der Waals surface area contributed by atoms with Crippen molar-refractivity contribution in [3.8, 4) is 0 Å². The lowest BCUT2D eigenvalue weighted by molar-refractivity contribution is -0.000768. The Morgan fingerprint density at radius 2 is 1.62 bits per heavy atom. The van der Waals surface area contributed by atoms with Gasteiger partial charge in [0.25, 0.3) is 0 Å². The quantitative estimate of drug-likeness (QED) is 0.719. The highest BCUT2D eigenvalue weighted by molar-refractivity contribution is 5.03. The van der Waals surface area contributed by atoms with Gasteiger partial charge in [0, 0.05) is 11.1 Å². The SMILES string of the molecule is CC1(C)CC(O)CC(C)(C2CCCCC2)N1. The van der Waals surface area contributed by atoms with E-state index in [1.807, 2.05) is 0 Å². The zero-order valence-corrected chi connectivity index (χ0v) is 11.1. The monoisotopic (exact) mass is 225 g/mol. The zero-order chi connectivity index (χ0) is 11.8. The summed E-state index contributed by atoms with van der Waals surface area (Å²) in [5.74, 6) is 0.760. The Labute approximate surface area is 99.8 Å². The van der Waals surface area contributed by atoms with Crippen LogP contribution >= 0.6 is 0 Å². The predicted octanol–water partition coefficient (Wildman–Crippen LogP) is 2.85. The van der Waals surface area contributed by atoms with Crippen molar-refractivity contribution < 1.29 is 5.11 Å². The van der Waals surface area contributed by atoms with Crippen LogP contribution in [0.15, 0.2) is 0 Å². The molecule has 0 amide bonds. The lowest BCUT2D eigenvalue weighted by Crippen LogP contribution is -2.63. The standard InChI is InChI=1S/C14H27NO/c1-13(2)9-12(16)10-14(3,15-13)11-7-5-4-6-8-11/h11-12,15-16H,4-10H2,1-3H3. The maximum atomic E-state index is 10.1. The largest absolute Gasteiger partial charge is 0.393 e. The molecule has 1 aliphatic carbocycles. The highest BCUT2D eigenvalue weighted by Gasteiger charge is 2.44. The first-order chi connectivity index (χ1) is 7.41. The Kier molecular flexibility index (Phi) is 3.33. The summed E-state index contributed by atoms with van der Waals surface area (Å²) in [4.78, 5) is 0. The fourth-order valence-electron chi connectivity index (χ4n) is 4.03. The van der Waals surface area contributed by atoms with E-state index in [0.29, 0.717) is 0 Å². The number of nitrogens with one attached hydrogen (secondary N) is 1.